The molecule has 0 amide bonds. The van der Waals surface area contributed by atoms with Crippen LogP contribution in [0.15, 0.2) is 60.7 Å². The minimum absolute atomic E-state index is 0.174. The van der Waals surface area contributed by atoms with E-state index in [2.05, 4.69) is 4.90 Å². The first-order valence-electron chi connectivity index (χ1n) is 8.47. The summed E-state index contributed by atoms with van der Waals surface area (Å²) in [7, 11) is 0. The maximum Gasteiger partial charge on any atom is 0.107 e. The summed E-state index contributed by atoms with van der Waals surface area (Å²) in [6.45, 7) is 1.94. The third-order valence-corrected chi connectivity index (χ3v) is 4.71. The lowest BCUT2D eigenvalue weighted by atomic mass is 9.91. The molecule has 3 nitrogen and oxygen atoms in total. The van der Waals surface area contributed by atoms with Gasteiger partial charge in [-0.25, -0.2) is 0 Å². The molecule has 1 saturated heterocycles. The smallest absolute Gasteiger partial charge is 0.107 e. The first-order chi connectivity index (χ1) is 11.3. The number of rotatable bonds is 5. The van der Waals surface area contributed by atoms with Gasteiger partial charge in [0.1, 0.15) is 12.2 Å². The summed E-state index contributed by atoms with van der Waals surface area (Å²) in [6, 6.07) is 19.3. The molecule has 122 valence electrons. The van der Waals surface area contributed by atoms with Gasteiger partial charge >= 0.3 is 0 Å². The first-order valence-corrected chi connectivity index (χ1v) is 8.47. The molecule has 3 rings (SSSR count). The number of likely N-dealkylation sites (tertiary alicyclic amines) is 1. The van der Waals surface area contributed by atoms with Crippen LogP contribution in [0.5, 0.6) is 0 Å². The fourth-order valence-corrected chi connectivity index (χ4v) is 3.49. The average Bonchev–Trinajstić information content (AvgIpc) is 2.64. The fraction of sp³-hybridized carbons (Fsp3) is 0.400. The van der Waals surface area contributed by atoms with Gasteiger partial charge in [-0.05, 0) is 37.1 Å². The molecule has 2 aromatic carbocycles. The van der Waals surface area contributed by atoms with Crippen LogP contribution in [0.2, 0.25) is 0 Å². The average molecular weight is 311 g/mol. The number of piperidine rings is 1. The van der Waals surface area contributed by atoms with Crippen molar-refractivity contribution >= 4 is 0 Å². The zero-order valence-electron chi connectivity index (χ0n) is 13.4. The summed E-state index contributed by atoms with van der Waals surface area (Å²) in [6.07, 6.45) is 1.81. The van der Waals surface area contributed by atoms with Gasteiger partial charge in [-0.1, -0.05) is 67.1 Å². The Hall–Kier alpha value is -1.68. The van der Waals surface area contributed by atoms with Crippen molar-refractivity contribution in [3.63, 3.8) is 0 Å². The standard InChI is InChI=1S/C20H25NO2/c22-19(17-12-6-2-7-13-17)20(23)18(16-10-4-1-5-11-16)21-14-8-3-9-15-21/h1-2,4-7,10-13,18-20,22-23H,3,8-9,14-15H2/t18-,19+,20-/m0/s1. The Kier molecular flexibility index (Phi) is 5.44. The second-order valence-corrected chi connectivity index (χ2v) is 6.30. The van der Waals surface area contributed by atoms with Crippen molar-refractivity contribution in [3.05, 3.63) is 71.8 Å². The second kappa shape index (κ2) is 7.73. The highest BCUT2D eigenvalue weighted by Crippen LogP contribution is 2.33. The lowest BCUT2D eigenvalue weighted by Gasteiger charge is -2.39. The summed E-state index contributed by atoms with van der Waals surface area (Å²) < 4.78 is 0. The van der Waals surface area contributed by atoms with E-state index in [9.17, 15) is 10.2 Å². The number of hydrogen-bond acceptors (Lipinski definition) is 3. The van der Waals surface area contributed by atoms with Crippen molar-refractivity contribution in [1.29, 1.82) is 0 Å². The van der Waals surface area contributed by atoms with E-state index < -0.39 is 12.2 Å². The van der Waals surface area contributed by atoms with E-state index in [1.807, 2.05) is 60.7 Å². The maximum atomic E-state index is 10.9. The van der Waals surface area contributed by atoms with E-state index in [1.54, 1.807) is 0 Å². The minimum atomic E-state index is -0.886. The highest BCUT2D eigenvalue weighted by Gasteiger charge is 2.33. The van der Waals surface area contributed by atoms with E-state index in [4.69, 9.17) is 0 Å². The SMILES string of the molecule is O[C@H]([C@H](O)c1ccccc1)[C@H](c1ccccc1)N1CCCCC1. The van der Waals surface area contributed by atoms with Gasteiger partial charge in [-0.2, -0.15) is 0 Å². The first kappa shape index (κ1) is 16.2. The number of hydrogen-bond donors (Lipinski definition) is 2. The van der Waals surface area contributed by atoms with E-state index in [-0.39, 0.29) is 6.04 Å². The summed E-state index contributed by atoms with van der Waals surface area (Å²) in [5.74, 6) is 0. The van der Waals surface area contributed by atoms with Crippen LogP contribution < -0.4 is 0 Å². The predicted molar refractivity (Wildman–Crippen MR) is 92.0 cm³/mol. The van der Waals surface area contributed by atoms with Crippen molar-refractivity contribution in [2.24, 2.45) is 0 Å². The quantitative estimate of drug-likeness (QED) is 0.890. The van der Waals surface area contributed by atoms with Gasteiger partial charge in [0.25, 0.3) is 0 Å². The van der Waals surface area contributed by atoms with E-state index >= 15 is 0 Å². The van der Waals surface area contributed by atoms with Gasteiger partial charge in [0.2, 0.25) is 0 Å². The maximum absolute atomic E-state index is 10.9. The van der Waals surface area contributed by atoms with Crippen LogP contribution in [0.4, 0.5) is 0 Å². The molecule has 3 atom stereocenters. The largest absolute Gasteiger partial charge is 0.388 e. The number of aliphatic hydroxyl groups is 2. The summed E-state index contributed by atoms with van der Waals surface area (Å²) >= 11 is 0. The van der Waals surface area contributed by atoms with Gasteiger partial charge in [-0.15, -0.1) is 0 Å². The van der Waals surface area contributed by atoms with Gasteiger partial charge < -0.3 is 10.2 Å². The van der Waals surface area contributed by atoms with E-state index in [1.165, 1.54) is 6.42 Å². The Morgan fingerprint density at radius 3 is 1.78 bits per heavy atom. The zero-order valence-corrected chi connectivity index (χ0v) is 13.4. The van der Waals surface area contributed by atoms with Crippen LogP contribution in [0, 0.1) is 0 Å². The lowest BCUT2D eigenvalue weighted by Crippen LogP contribution is -2.42. The molecule has 0 bridgehead atoms. The zero-order chi connectivity index (χ0) is 16.1. The minimum Gasteiger partial charge on any atom is -0.388 e. The molecule has 2 aromatic rings. The number of benzene rings is 2. The molecule has 0 unspecified atom stereocenters. The molecule has 3 heteroatoms. The van der Waals surface area contributed by atoms with E-state index in [0.29, 0.717) is 0 Å². The highest BCUT2D eigenvalue weighted by molar-refractivity contribution is 5.24. The molecule has 0 spiro atoms. The predicted octanol–water partition coefficient (Wildman–Crippen LogP) is 3.31. The normalized spacial score (nSPS) is 19.9. The van der Waals surface area contributed by atoms with Crippen LogP contribution >= 0.6 is 0 Å². The molecule has 23 heavy (non-hydrogen) atoms. The molecule has 0 radical (unpaired) electrons. The van der Waals surface area contributed by atoms with Crippen molar-refractivity contribution < 1.29 is 10.2 Å². The summed E-state index contributed by atoms with van der Waals surface area (Å²) in [4.78, 5) is 2.32. The van der Waals surface area contributed by atoms with Gasteiger partial charge in [0, 0.05) is 0 Å². The number of aliphatic hydroxyl groups excluding tert-OH is 2. The topological polar surface area (TPSA) is 43.7 Å². The molecule has 1 fully saturated rings. The fourth-order valence-electron chi connectivity index (χ4n) is 3.49. The Labute approximate surface area is 138 Å². The molecule has 1 aliphatic rings. The van der Waals surface area contributed by atoms with Crippen molar-refractivity contribution in [2.75, 3.05) is 13.1 Å². The van der Waals surface area contributed by atoms with Crippen LogP contribution in [0.1, 0.15) is 42.5 Å². The van der Waals surface area contributed by atoms with Gasteiger partial charge in [0.05, 0.1) is 6.04 Å². The molecule has 0 saturated carbocycles. The molecule has 1 heterocycles. The molecular weight excluding hydrogens is 286 g/mol. The van der Waals surface area contributed by atoms with Gasteiger partial charge in [0.15, 0.2) is 0 Å². The Morgan fingerprint density at radius 2 is 1.22 bits per heavy atom. The lowest BCUT2D eigenvalue weighted by molar-refractivity contribution is -0.0461. The van der Waals surface area contributed by atoms with Gasteiger partial charge in [-0.3, -0.25) is 4.90 Å². The molecule has 0 aromatic heterocycles. The van der Waals surface area contributed by atoms with Crippen molar-refractivity contribution in [3.8, 4) is 0 Å². The molecule has 0 aliphatic carbocycles. The van der Waals surface area contributed by atoms with E-state index in [0.717, 1.165) is 37.1 Å². The summed E-state index contributed by atoms with van der Waals surface area (Å²) in [5, 5.41) is 21.6. The third-order valence-electron chi connectivity index (χ3n) is 4.71. The Bertz CT molecular complexity index is 581. The summed E-state index contributed by atoms with van der Waals surface area (Å²) in [5.41, 5.74) is 1.83. The number of nitrogens with zero attached hydrogens (tertiary/aromatic N) is 1. The van der Waals surface area contributed by atoms with Crippen LogP contribution in [0.3, 0.4) is 0 Å². The Morgan fingerprint density at radius 1 is 0.696 bits per heavy atom. The highest BCUT2D eigenvalue weighted by atomic mass is 16.3. The second-order valence-electron chi connectivity index (χ2n) is 6.30. The van der Waals surface area contributed by atoms with Crippen LogP contribution in [0.25, 0.3) is 0 Å². The Balaban J connectivity index is 1.87. The third kappa shape index (κ3) is 3.81. The van der Waals surface area contributed by atoms with Crippen molar-refractivity contribution in [1.82, 2.24) is 4.90 Å². The van der Waals surface area contributed by atoms with Crippen LogP contribution in [-0.4, -0.2) is 34.3 Å². The van der Waals surface area contributed by atoms with Crippen LogP contribution in [-0.2, 0) is 0 Å². The molecule has 1 aliphatic heterocycles. The monoisotopic (exact) mass is 311 g/mol. The molecule has 2 N–H and O–H groups in total. The van der Waals surface area contributed by atoms with Crippen molar-refractivity contribution in [2.45, 2.75) is 37.5 Å². The molecular formula is C20H25NO2.